The molecule has 180 valence electrons. The molecule has 2 saturated heterocycles. The van der Waals surface area contributed by atoms with Gasteiger partial charge >= 0.3 is 0 Å². The minimum Gasteiger partial charge on any atom is -0.348 e. The first-order valence-corrected chi connectivity index (χ1v) is 13.3. The van der Waals surface area contributed by atoms with Crippen molar-refractivity contribution in [3.05, 3.63) is 48.9 Å². The van der Waals surface area contributed by atoms with Gasteiger partial charge in [-0.05, 0) is 50.1 Å². The molecule has 2 aliphatic rings. The van der Waals surface area contributed by atoms with E-state index in [1.54, 1.807) is 30.6 Å². The van der Waals surface area contributed by atoms with Crippen LogP contribution in [0.15, 0.2) is 53.8 Å². The number of benzene rings is 1. The van der Waals surface area contributed by atoms with Crippen LogP contribution in [0.5, 0.6) is 0 Å². The van der Waals surface area contributed by atoms with Gasteiger partial charge in [0.05, 0.1) is 10.8 Å². The van der Waals surface area contributed by atoms with Crippen molar-refractivity contribution in [3.8, 4) is 0 Å². The van der Waals surface area contributed by atoms with E-state index in [0.29, 0.717) is 56.4 Å². The number of sulfonamides is 1. The molecule has 0 bridgehead atoms. The summed E-state index contributed by atoms with van der Waals surface area (Å²) in [6.45, 7) is 6.08. The van der Waals surface area contributed by atoms with E-state index in [2.05, 4.69) is 26.4 Å². The maximum Gasteiger partial charge on any atom is 0.243 e. The fourth-order valence-corrected chi connectivity index (χ4v) is 6.53. The number of amides is 1. The van der Waals surface area contributed by atoms with Gasteiger partial charge in [-0.2, -0.15) is 4.31 Å². The molecule has 0 aliphatic carbocycles. The minimum absolute atomic E-state index is 0.0454. The van der Waals surface area contributed by atoms with Crippen LogP contribution in [-0.4, -0.2) is 77.3 Å². The molecule has 1 aromatic carbocycles. The van der Waals surface area contributed by atoms with Gasteiger partial charge in [0.2, 0.25) is 21.9 Å². The number of hydrogen-bond donors (Lipinski definition) is 0. The second-order valence-electron chi connectivity index (χ2n) is 8.89. The molecule has 1 unspecified atom stereocenters. The lowest BCUT2D eigenvalue weighted by Gasteiger charge is -2.38. The highest BCUT2D eigenvalue weighted by Crippen LogP contribution is 2.28. The Morgan fingerprint density at radius 3 is 2.56 bits per heavy atom. The summed E-state index contributed by atoms with van der Waals surface area (Å²) in [5, 5.41) is 0.910. The van der Waals surface area contributed by atoms with Crippen molar-refractivity contribution >= 4 is 32.8 Å². The first-order chi connectivity index (χ1) is 16.5. The second kappa shape index (κ2) is 9.34. The molecule has 10 heteroatoms. The van der Waals surface area contributed by atoms with Crippen LogP contribution in [0, 0.1) is 5.92 Å². The number of aromatic nitrogens is 3. The van der Waals surface area contributed by atoms with Crippen molar-refractivity contribution in [2.45, 2.75) is 31.2 Å². The summed E-state index contributed by atoms with van der Waals surface area (Å²) in [6, 6.07) is 9.02. The number of aryl methyl sites for hydroxylation is 1. The van der Waals surface area contributed by atoms with E-state index in [1.165, 1.54) is 4.31 Å². The summed E-state index contributed by atoms with van der Waals surface area (Å²) in [4.78, 5) is 26.1. The van der Waals surface area contributed by atoms with Crippen LogP contribution in [0.4, 0.5) is 5.95 Å². The molecule has 0 radical (unpaired) electrons. The van der Waals surface area contributed by atoms with Crippen LogP contribution in [-0.2, 0) is 21.4 Å². The molecule has 1 amide bonds. The Morgan fingerprint density at radius 2 is 1.82 bits per heavy atom. The van der Waals surface area contributed by atoms with Gasteiger partial charge in [-0.1, -0.05) is 0 Å². The van der Waals surface area contributed by atoms with Gasteiger partial charge in [-0.3, -0.25) is 4.79 Å². The summed E-state index contributed by atoms with van der Waals surface area (Å²) < 4.78 is 30.4. The van der Waals surface area contributed by atoms with Crippen molar-refractivity contribution in [2.75, 3.05) is 44.2 Å². The Morgan fingerprint density at radius 1 is 1.06 bits per heavy atom. The summed E-state index contributed by atoms with van der Waals surface area (Å²) in [6.07, 6.45) is 6.80. The number of nitrogens with zero attached hydrogens (tertiary/aromatic N) is 6. The Balaban J connectivity index is 1.26. The Hall–Kier alpha value is -2.98. The van der Waals surface area contributed by atoms with Crippen molar-refractivity contribution in [3.63, 3.8) is 0 Å². The summed E-state index contributed by atoms with van der Waals surface area (Å²) in [7, 11) is -3.66. The van der Waals surface area contributed by atoms with Gasteiger partial charge in [0.1, 0.15) is 0 Å². The third-order valence-corrected chi connectivity index (χ3v) is 8.74. The lowest BCUT2D eigenvalue weighted by atomic mass is 9.98. The number of piperazine rings is 1. The maximum atomic E-state index is 13.4. The van der Waals surface area contributed by atoms with E-state index in [9.17, 15) is 13.2 Å². The molecule has 0 spiro atoms. The molecule has 5 rings (SSSR count). The van der Waals surface area contributed by atoms with E-state index < -0.39 is 10.0 Å². The highest BCUT2D eigenvalue weighted by molar-refractivity contribution is 7.89. The number of carbonyl (C=O) groups excluding carboxylic acids is 1. The summed E-state index contributed by atoms with van der Waals surface area (Å²) in [5.41, 5.74) is 1.02. The molecule has 2 aromatic heterocycles. The smallest absolute Gasteiger partial charge is 0.243 e. The number of fused-ring (bicyclic) bond motifs is 1. The van der Waals surface area contributed by atoms with Gasteiger partial charge < -0.3 is 14.4 Å². The van der Waals surface area contributed by atoms with E-state index >= 15 is 0 Å². The van der Waals surface area contributed by atoms with E-state index in [1.807, 2.05) is 23.2 Å². The van der Waals surface area contributed by atoms with Crippen molar-refractivity contribution in [1.82, 2.24) is 23.7 Å². The van der Waals surface area contributed by atoms with Gasteiger partial charge in [0, 0.05) is 75.3 Å². The van der Waals surface area contributed by atoms with Crippen LogP contribution < -0.4 is 4.90 Å². The average Bonchev–Trinajstić information content (AvgIpc) is 3.31. The normalized spacial score (nSPS) is 20.1. The first kappa shape index (κ1) is 22.8. The van der Waals surface area contributed by atoms with Gasteiger partial charge in [0.25, 0.3) is 0 Å². The molecular formula is C24H30N6O3S. The third-order valence-electron chi connectivity index (χ3n) is 6.88. The predicted octanol–water partition coefficient (Wildman–Crippen LogP) is 2.20. The molecule has 0 N–H and O–H groups in total. The molecule has 34 heavy (non-hydrogen) atoms. The standard InChI is InChI=1S/C24H30N6O3S/c1-2-27-12-8-19-17-21(6-7-22(19)27)34(32,33)30-11-3-5-20(18-30)23(31)28-13-15-29(16-14-28)24-25-9-4-10-26-24/h4,6-10,12,17,20H,2-3,5,11,13-16,18H2,1H3. The number of hydrogen-bond acceptors (Lipinski definition) is 6. The monoisotopic (exact) mass is 482 g/mol. The molecule has 4 heterocycles. The quantitative estimate of drug-likeness (QED) is 0.554. The SMILES string of the molecule is CCn1ccc2cc(S(=O)(=O)N3CCCC(C(=O)N4CCN(c5ncccn5)CC4)C3)ccc21. The zero-order chi connectivity index (χ0) is 23.7. The van der Waals surface area contributed by atoms with Crippen LogP contribution in [0.25, 0.3) is 10.9 Å². The fraction of sp³-hybridized carbons (Fsp3) is 0.458. The molecule has 3 aromatic rings. The largest absolute Gasteiger partial charge is 0.348 e. The summed E-state index contributed by atoms with van der Waals surface area (Å²) in [5.74, 6) is 0.410. The summed E-state index contributed by atoms with van der Waals surface area (Å²) >= 11 is 0. The topological polar surface area (TPSA) is 91.6 Å². The molecule has 2 fully saturated rings. The van der Waals surface area contributed by atoms with Crippen LogP contribution in [0.2, 0.25) is 0 Å². The number of anilines is 1. The maximum absolute atomic E-state index is 13.4. The average molecular weight is 483 g/mol. The van der Waals surface area contributed by atoms with Crippen molar-refractivity contribution < 1.29 is 13.2 Å². The molecular weight excluding hydrogens is 452 g/mol. The molecule has 2 aliphatic heterocycles. The van der Waals surface area contributed by atoms with Crippen LogP contribution >= 0.6 is 0 Å². The predicted molar refractivity (Wildman–Crippen MR) is 130 cm³/mol. The zero-order valence-electron chi connectivity index (χ0n) is 19.4. The molecule has 0 saturated carbocycles. The lowest BCUT2D eigenvalue weighted by molar-refractivity contribution is -0.137. The Bertz CT molecular complexity index is 1270. The van der Waals surface area contributed by atoms with Crippen molar-refractivity contribution in [1.29, 1.82) is 0 Å². The first-order valence-electron chi connectivity index (χ1n) is 11.9. The highest BCUT2D eigenvalue weighted by atomic mass is 32.2. The van der Waals surface area contributed by atoms with E-state index in [0.717, 1.165) is 17.4 Å². The zero-order valence-corrected chi connectivity index (χ0v) is 20.2. The van der Waals surface area contributed by atoms with Crippen molar-refractivity contribution in [2.24, 2.45) is 5.92 Å². The number of carbonyl (C=O) groups is 1. The van der Waals surface area contributed by atoms with Gasteiger partial charge in [-0.25, -0.2) is 18.4 Å². The third kappa shape index (κ3) is 4.27. The van der Waals surface area contributed by atoms with Gasteiger partial charge in [0.15, 0.2) is 0 Å². The second-order valence-corrected chi connectivity index (χ2v) is 10.8. The Labute approximate surface area is 200 Å². The Kier molecular flexibility index (Phi) is 6.26. The highest BCUT2D eigenvalue weighted by Gasteiger charge is 2.36. The number of piperidine rings is 1. The van der Waals surface area contributed by atoms with Crippen LogP contribution in [0.3, 0.4) is 0 Å². The van der Waals surface area contributed by atoms with Crippen LogP contribution in [0.1, 0.15) is 19.8 Å². The lowest BCUT2D eigenvalue weighted by Crippen LogP contribution is -2.53. The number of rotatable bonds is 5. The molecule has 9 nitrogen and oxygen atoms in total. The minimum atomic E-state index is -3.66. The molecule has 1 atom stereocenters. The fourth-order valence-electron chi connectivity index (χ4n) is 4.97. The van der Waals surface area contributed by atoms with E-state index in [-0.39, 0.29) is 18.4 Å². The van der Waals surface area contributed by atoms with E-state index in [4.69, 9.17) is 0 Å². The van der Waals surface area contributed by atoms with Gasteiger partial charge in [-0.15, -0.1) is 0 Å².